The third kappa shape index (κ3) is 3.90. The lowest BCUT2D eigenvalue weighted by Gasteiger charge is -2.07. The van der Waals surface area contributed by atoms with Crippen LogP contribution in [0.2, 0.25) is 0 Å². The zero-order chi connectivity index (χ0) is 12.1. The minimum Gasteiger partial charge on any atom is -0.497 e. The summed E-state index contributed by atoms with van der Waals surface area (Å²) in [5, 5.41) is 0. The highest BCUT2D eigenvalue weighted by Gasteiger charge is 2.09. The summed E-state index contributed by atoms with van der Waals surface area (Å²) in [7, 11) is 0.349. The Bertz CT molecular complexity index is 382. The molecule has 0 fully saturated rings. The fraction of sp³-hybridized carbons (Fsp3) is 0.455. The largest absolute Gasteiger partial charge is 0.497 e. The summed E-state index contributed by atoms with van der Waals surface area (Å²) in [6.07, 6.45) is 0. The minimum atomic E-state index is -1.13. The Morgan fingerprint density at radius 1 is 1.56 bits per heavy atom. The highest BCUT2D eigenvalue weighted by atomic mass is 32.2. The van der Waals surface area contributed by atoms with Crippen molar-refractivity contribution in [3.05, 3.63) is 29.6 Å². The molecular formula is C11H16FNO2S. The van der Waals surface area contributed by atoms with Crippen LogP contribution in [0.1, 0.15) is 12.5 Å². The molecule has 1 aromatic rings. The van der Waals surface area contributed by atoms with E-state index in [-0.39, 0.29) is 11.8 Å². The number of halogens is 1. The highest BCUT2D eigenvalue weighted by Crippen LogP contribution is 2.17. The lowest BCUT2D eigenvalue weighted by atomic mass is 10.2. The minimum absolute atomic E-state index is 0.137. The van der Waals surface area contributed by atoms with Gasteiger partial charge in [0.1, 0.15) is 11.6 Å². The van der Waals surface area contributed by atoms with E-state index in [1.165, 1.54) is 13.2 Å². The van der Waals surface area contributed by atoms with Crippen molar-refractivity contribution in [2.75, 3.05) is 12.9 Å². The molecule has 1 aromatic carbocycles. The number of hydrogen-bond acceptors (Lipinski definition) is 3. The van der Waals surface area contributed by atoms with Gasteiger partial charge in [-0.2, -0.15) is 0 Å². The molecule has 0 heterocycles. The maximum Gasteiger partial charge on any atom is 0.131 e. The molecule has 0 saturated heterocycles. The van der Waals surface area contributed by atoms with E-state index >= 15 is 0 Å². The topological polar surface area (TPSA) is 52.3 Å². The van der Waals surface area contributed by atoms with E-state index in [2.05, 4.69) is 0 Å². The van der Waals surface area contributed by atoms with E-state index < -0.39 is 16.6 Å². The van der Waals surface area contributed by atoms with Gasteiger partial charge in [0.05, 0.1) is 12.9 Å². The fourth-order valence-corrected chi connectivity index (χ4v) is 2.58. The maximum absolute atomic E-state index is 13.5. The molecule has 0 aliphatic heterocycles. The molecular weight excluding hydrogens is 229 g/mol. The summed E-state index contributed by atoms with van der Waals surface area (Å²) in [6.45, 7) is 1.78. The first-order chi connectivity index (χ1) is 7.52. The van der Waals surface area contributed by atoms with Crippen molar-refractivity contribution in [2.24, 2.45) is 5.73 Å². The van der Waals surface area contributed by atoms with Gasteiger partial charge >= 0.3 is 0 Å². The lowest BCUT2D eigenvalue weighted by Crippen LogP contribution is -2.23. The Morgan fingerprint density at radius 3 is 2.75 bits per heavy atom. The van der Waals surface area contributed by atoms with Crippen molar-refractivity contribution in [1.29, 1.82) is 0 Å². The van der Waals surface area contributed by atoms with E-state index in [1.807, 2.05) is 0 Å². The second-order valence-corrected chi connectivity index (χ2v) is 5.19. The first-order valence-electron chi connectivity index (χ1n) is 4.96. The van der Waals surface area contributed by atoms with Gasteiger partial charge in [-0.05, 0) is 13.0 Å². The molecule has 0 bridgehead atoms. The number of methoxy groups -OCH3 is 1. The third-order valence-electron chi connectivity index (χ3n) is 2.03. The van der Waals surface area contributed by atoms with Gasteiger partial charge in [-0.15, -0.1) is 0 Å². The number of hydrogen-bond donors (Lipinski definition) is 1. The SMILES string of the molecule is COc1ccc(CS(=O)CC(C)N)c(F)c1. The molecule has 0 aromatic heterocycles. The van der Waals surface area contributed by atoms with Crippen LogP contribution in [0.3, 0.4) is 0 Å². The van der Waals surface area contributed by atoms with Gasteiger partial charge in [0, 0.05) is 34.2 Å². The molecule has 5 heteroatoms. The van der Waals surface area contributed by atoms with Crippen molar-refractivity contribution in [1.82, 2.24) is 0 Å². The lowest BCUT2D eigenvalue weighted by molar-refractivity contribution is 0.411. The summed E-state index contributed by atoms with van der Waals surface area (Å²) in [4.78, 5) is 0. The van der Waals surface area contributed by atoms with Gasteiger partial charge in [0.2, 0.25) is 0 Å². The molecule has 0 aliphatic rings. The monoisotopic (exact) mass is 245 g/mol. The molecule has 0 aliphatic carbocycles. The Kier molecular flexibility index (Phi) is 4.89. The average Bonchev–Trinajstić information content (AvgIpc) is 2.19. The molecule has 1 rings (SSSR count). The third-order valence-corrected chi connectivity index (χ3v) is 3.56. The zero-order valence-electron chi connectivity index (χ0n) is 9.40. The standard InChI is InChI=1S/C11H16FNO2S/c1-8(13)6-16(14)7-9-3-4-10(15-2)5-11(9)12/h3-5,8H,6-7,13H2,1-2H3. The van der Waals surface area contributed by atoms with Crippen LogP contribution in [0.15, 0.2) is 18.2 Å². The number of rotatable bonds is 5. The normalized spacial score (nSPS) is 14.5. The maximum atomic E-state index is 13.5. The number of benzene rings is 1. The van der Waals surface area contributed by atoms with Crippen LogP contribution in [0.4, 0.5) is 4.39 Å². The zero-order valence-corrected chi connectivity index (χ0v) is 10.2. The molecule has 2 N–H and O–H groups in total. The van der Waals surface area contributed by atoms with E-state index in [1.54, 1.807) is 19.1 Å². The number of ether oxygens (including phenoxy) is 1. The summed E-state index contributed by atoms with van der Waals surface area (Å²) < 4.78 is 29.9. The predicted octanol–water partition coefficient (Wildman–Crippen LogP) is 1.43. The predicted molar refractivity (Wildman–Crippen MR) is 63.3 cm³/mol. The van der Waals surface area contributed by atoms with Crippen LogP contribution >= 0.6 is 0 Å². The molecule has 2 atom stereocenters. The molecule has 3 nitrogen and oxygen atoms in total. The summed E-state index contributed by atoms with van der Waals surface area (Å²) in [5.41, 5.74) is 5.95. The molecule has 0 radical (unpaired) electrons. The molecule has 16 heavy (non-hydrogen) atoms. The van der Waals surface area contributed by atoms with Gasteiger partial charge in [-0.25, -0.2) is 4.39 Å². The van der Waals surface area contributed by atoms with Crippen LogP contribution in [0, 0.1) is 5.82 Å². The van der Waals surface area contributed by atoms with E-state index in [4.69, 9.17) is 10.5 Å². The van der Waals surface area contributed by atoms with Crippen LogP contribution in [-0.2, 0) is 16.6 Å². The van der Waals surface area contributed by atoms with Crippen molar-refractivity contribution in [3.63, 3.8) is 0 Å². The van der Waals surface area contributed by atoms with Crippen LogP contribution in [0.25, 0.3) is 0 Å². The molecule has 0 saturated carbocycles. The van der Waals surface area contributed by atoms with Crippen molar-refractivity contribution in [2.45, 2.75) is 18.7 Å². The Hall–Kier alpha value is -0.940. The van der Waals surface area contributed by atoms with Crippen molar-refractivity contribution in [3.8, 4) is 5.75 Å². The molecule has 0 spiro atoms. The molecule has 2 unspecified atom stereocenters. The van der Waals surface area contributed by atoms with E-state index in [9.17, 15) is 8.60 Å². The highest BCUT2D eigenvalue weighted by molar-refractivity contribution is 7.84. The second kappa shape index (κ2) is 5.96. The van der Waals surface area contributed by atoms with Crippen LogP contribution in [0.5, 0.6) is 5.75 Å². The van der Waals surface area contributed by atoms with Gasteiger partial charge in [0.25, 0.3) is 0 Å². The second-order valence-electron chi connectivity index (χ2n) is 3.69. The van der Waals surface area contributed by atoms with E-state index in [0.29, 0.717) is 17.1 Å². The molecule has 90 valence electrons. The quantitative estimate of drug-likeness (QED) is 0.853. The van der Waals surface area contributed by atoms with Gasteiger partial charge in [-0.1, -0.05) is 6.07 Å². The van der Waals surface area contributed by atoms with Crippen molar-refractivity contribution >= 4 is 10.8 Å². The van der Waals surface area contributed by atoms with Gasteiger partial charge in [0.15, 0.2) is 0 Å². The summed E-state index contributed by atoms with van der Waals surface area (Å²) in [5.74, 6) is 0.639. The van der Waals surface area contributed by atoms with Gasteiger partial charge in [-0.3, -0.25) is 4.21 Å². The first-order valence-corrected chi connectivity index (χ1v) is 6.44. The first kappa shape index (κ1) is 13.1. The summed E-state index contributed by atoms with van der Waals surface area (Å²) >= 11 is 0. The Morgan fingerprint density at radius 2 is 2.25 bits per heavy atom. The van der Waals surface area contributed by atoms with Gasteiger partial charge < -0.3 is 10.5 Å². The van der Waals surface area contributed by atoms with E-state index in [0.717, 1.165) is 0 Å². The smallest absolute Gasteiger partial charge is 0.131 e. The fourth-order valence-electron chi connectivity index (χ4n) is 1.30. The van der Waals surface area contributed by atoms with Crippen LogP contribution < -0.4 is 10.5 Å². The summed E-state index contributed by atoms with van der Waals surface area (Å²) in [6, 6.07) is 4.40. The average molecular weight is 245 g/mol. The molecule has 0 amide bonds. The Labute approximate surface area is 97.2 Å². The number of nitrogens with two attached hydrogens (primary N) is 1. The van der Waals surface area contributed by atoms with Crippen molar-refractivity contribution < 1.29 is 13.3 Å². The van der Waals surface area contributed by atoms with Crippen LogP contribution in [-0.4, -0.2) is 23.1 Å². The Balaban J connectivity index is 2.70.